The molecular formula is C19H28N2O2. The van der Waals surface area contributed by atoms with Gasteiger partial charge in [0, 0.05) is 31.5 Å². The smallest absolute Gasteiger partial charge is 0.222 e. The summed E-state index contributed by atoms with van der Waals surface area (Å²) in [5.74, 6) is 0.346. The van der Waals surface area contributed by atoms with Crippen molar-refractivity contribution in [1.29, 1.82) is 0 Å². The van der Waals surface area contributed by atoms with E-state index in [0.717, 1.165) is 32.4 Å². The zero-order valence-electron chi connectivity index (χ0n) is 14.5. The molecule has 1 saturated heterocycles. The number of carbonyl (C=O) groups excluding carboxylic acids is 2. The molecule has 1 fully saturated rings. The number of nitrogens with one attached hydrogen (secondary N) is 1. The van der Waals surface area contributed by atoms with Crippen LogP contribution >= 0.6 is 0 Å². The Balaban J connectivity index is 1.74. The summed E-state index contributed by atoms with van der Waals surface area (Å²) in [5.41, 5.74) is 2.45. The lowest BCUT2D eigenvalue weighted by molar-refractivity contribution is -0.132. The Kier molecular flexibility index (Phi) is 6.20. The van der Waals surface area contributed by atoms with Crippen LogP contribution in [0.2, 0.25) is 0 Å². The Hall–Kier alpha value is -1.84. The third-order valence-electron chi connectivity index (χ3n) is 4.43. The molecule has 1 heterocycles. The monoisotopic (exact) mass is 316 g/mol. The van der Waals surface area contributed by atoms with E-state index in [9.17, 15) is 9.59 Å². The number of amides is 2. The number of hydrogen-bond acceptors (Lipinski definition) is 2. The maximum Gasteiger partial charge on any atom is 0.222 e. The fourth-order valence-electron chi connectivity index (χ4n) is 2.92. The highest BCUT2D eigenvalue weighted by molar-refractivity contribution is 5.78. The molecule has 126 valence electrons. The largest absolute Gasteiger partial charge is 0.353 e. The summed E-state index contributed by atoms with van der Waals surface area (Å²) in [4.78, 5) is 26.0. The summed E-state index contributed by atoms with van der Waals surface area (Å²) in [6.07, 6.45) is 3.07. The average molecular weight is 316 g/mol. The summed E-state index contributed by atoms with van der Waals surface area (Å²) in [6, 6.07) is 8.54. The average Bonchev–Trinajstić information content (AvgIpc) is 2.53. The number of nitrogens with zero attached hydrogens (tertiary/aromatic N) is 1. The van der Waals surface area contributed by atoms with Gasteiger partial charge in [-0.25, -0.2) is 0 Å². The highest BCUT2D eigenvalue weighted by atomic mass is 16.2. The second-order valence-electron chi connectivity index (χ2n) is 6.81. The lowest BCUT2D eigenvalue weighted by Crippen LogP contribution is -2.47. The van der Waals surface area contributed by atoms with E-state index in [-0.39, 0.29) is 23.8 Å². The summed E-state index contributed by atoms with van der Waals surface area (Å²) in [5, 5.41) is 3.06. The summed E-state index contributed by atoms with van der Waals surface area (Å²) >= 11 is 0. The molecule has 0 atom stereocenters. The maximum atomic E-state index is 12.3. The standard InChI is InChI=1S/C19H28N2O2/c1-14(2)19(23)20-17-9-11-21(12-10-17)18(22)8-7-16-6-4-5-15(3)13-16/h4-6,13-14,17H,7-12H2,1-3H3,(H,20,23). The van der Waals surface area contributed by atoms with Gasteiger partial charge in [-0.1, -0.05) is 43.7 Å². The SMILES string of the molecule is Cc1cccc(CCC(=O)N2CCC(NC(=O)C(C)C)CC2)c1. The minimum absolute atomic E-state index is 0.0176. The van der Waals surface area contributed by atoms with Crippen molar-refractivity contribution in [2.24, 2.45) is 5.92 Å². The molecule has 0 saturated carbocycles. The van der Waals surface area contributed by atoms with Crippen LogP contribution in [0.1, 0.15) is 44.2 Å². The van der Waals surface area contributed by atoms with Gasteiger partial charge in [-0.2, -0.15) is 0 Å². The Morgan fingerprint density at radius 1 is 1.26 bits per heavy atom. The van der Waals surface area contributed by atoms with Crippen LogP contribution in [0.25, 0.3) is 0 Å². The van der Waals surface area contributed by atoms with Crippen LogP contribution in [0.15, 0.2) is 24.3 Å². The van der Waals surface area contributed by atoms with Crippen LogP contribution in [0.5, 0.6) is 0 Å². The number of carbonyl (C=O) groups is 2. The van der Waals surface area contributed by atoms with E-state index in [1.54, 1.807) is 0 Å². The van der Waals surface area contributed by atoms with Crippen molar-refractivity contribution >= 4 is 11.8 Å². The van der Waals surface area contributed by atoms with E-state index < -0.39 is 0 Å². The van der Waals surface area contributed by atoms with Gasteiger partial charge in [-0.15, -0.1) is 0 Å². The van der Waals surface area contributed by atoms with Crippen molar-refractivity contribution in [3.8, 4) is 0 Å². The molecule has 23 heavy (non-hydrogen) atoms. The minimum atomic E-state index is 0.0176. The molecule has 0 aliphatic carbocycles. The van der Waals surface area contributed by atoms with Crippen LogP contribution in [-0.4, -0.2) is 35.8 Å². The van der Waals surface area contributed by atoms with Crippen LogP contribution < -0.4 is 5.32 Å². The third-order valence-corrected chi connectivity index (χ3v) is 4.43. The first kappa shape index (κ1) is 17.5. The summed E-state index contributed by atoms with van der Waals surface area (Å²) < 4.78 is 0. The first-order valence-electron chi connectivity index (χ1n) is 8.59. The van der Waals surface area contributed by atoms with Gasteiger partial charge in [0.15, 0.2) is 0 Å². The van der Waals surface area contributed by atoms with Gasteiger partial charge in [0.2, 0.25) is 11.8 Å². The van der Waals surface area contributed by atoms with E-state index in [4.69, 9.17) is 0 Å². The molecule has 4 nitrogen and oxygen atoms in total. The Labute approximate surface area is 139 Å². The zero-order chi connectivity index (χ0) is 16.8. The topological polar surface area (TPSA) is 49.4 Å². The molecule has 0 radical (unpaired) electrons. The first-order chi connectivity index (χ1) is 11.0. The van der Waals surface area contributed by atoms with Gasteiger partial charge >= 0.3 is 0 Å². The van der Waals surface area contributed by atoms with Crippen molar-refractivity contribution in [2.75, 3.05) is 13.1 Å². The predicted octanol–water partition coefficient (Wildman–Crippen LogP) is 2.69. The quantitative estimate of drug-likeness (QED) is 0.908. The maximum absolute atomic E-state index is 12.3. The minimum Gasteiger partial charge on any atom is -0.353 e. The molecular weight excluding hydrogens is 288 g/mol. The Bertz CT molecular complexity index is 546. The fraction of sp³-hybridized carbons (Fsp3) is 0.579. The van der Waals surface area contributed by atoms with Gasteiger partial charge < -0.3 is 10.2 Å². The number of benzene rings is 1. The molecule has 0 bridgehead atoms. The van der Waals surface area contributed by atoms with Crippen molar-refractivity contribution < 1.29 is 9.59 Å². The van der Waals surface area contributed by atoms with Crippen LogP contribution in [-0.2, 0) is 16.0 Å². The van der Waals surface area contributed by atoms with Gasteiger partial charge in [-0.3, -0.25) is 9.59 Å². The number of hydrogen-bond donors (Lipinski definition) is 1. The zero-order valence-corrected chi connectivity index (χ0v) is 14.5. The predicted molar refractivity (Wildman–Crippen MR) is 92.1 cm³/mol. The van der Waals surface area contributed by atoms with E-state index in [0.29, 0.717) is 6.42 Å². The molecule has 1 aromatic rings. The lowest BCUT2D eigenvalue weighted by Gasteiger charge is -2.32. The molecule has 2 amide bonds. The van der Waals surface area contributed by atoms with E-state index in [1.165, 1.54) is 11.1 Å². The molecule has 1 aliphatic heterocycles. The highest BCUT2D eigenvalue weighted by Crippen LogP contribution is 2.14. The lowest BCUT2D eigenvalue weighted by atomic mass is 10.0. The second-order valence-corrected chi connectivity index (χ2v) is 6.81. The summed E-state index contributed by atoms with van der Waals surface area (Å²) in [7, 11) is 0. The third kappa shape index (κ3) is 5.38. The molecule has 0 spiro atoms. The van der Waals surface area contributed by atoms with Crippen LogP contribution in [0.4, 0.5) is 0 Å². The Morgan fingerprint density at radius 2 is 1.96 bits per heavy atom. The van der Waals surface area contributed by atoms with E-state index >= 15 is 0 Å². The van der Waals surface area contributed by atoms with Crippen molar-refractivity contribution in [3.05, 3.63) is 35.4 Å². The fourth-order valence-corrected chi connectivity index (χ4v) is 2.92. The van der Waals surface area contributed by atoms with Gasteiger partial charge in [0.25, 0.3) is 0 Å². The second kappa shape index (κ2) is 8.14. The summed E-state index contributed by atoms with van der Waals surface area (Å²) in [6.45, 7) is 7.37. The van der Waals surface area contributed by atoms with E-state index in [1.807, 2.05) is 24.8 Å². The van der Waals surface area contributed by atoms with E-state index in [2.05, 4.69) is 30.4 Å². The first-order valence-corrected chi connectivity index (χ1v) is 8.59. The molecule has 0 aromatic heterocycles. The molecule has 2 rings (SSSR count). The molecule has 1 N–H and O–H groups in total. The van der Waals surface area contributed by atoms with Gasteiger partial charge in [0.1, 0.15) is 0 Å². The van der Waals surface area contributed by atoms with Crippen molar-refractivity contribution in [3.63, 3.8) is 0 Å². The number of rotatable bonds is 5. The van der Waals surface area contributed by atoms with Crippen molar-refractivity contribution in [2.45, 2.75) is 52.5 Å². The highest BCUT2D eigenvalue weighted by Gasteiger charge is 2.24. The number of piperidine rings is 1. The van der Waals surface area contributed by atoms with Gasteiger partial charge in [-0.05, 0) is 31.7 Å². The van der Waals surface area contributed by atoms with Gasteiger partial charge in [0.05, 0.1) is 0 Å². The normalized spacial score (nSPS) is 15.7. The van der Waals surface area contributed by atoms with Crippen LogP contribution in [0, 0.1) is 12.8 Å². The molecule has 1 aliphatic rings. The Morgan fingerprint density at radius 3 is 2.57 bits per heavy atom. The van der Waals surface area contributed by atoms with Crippen molar-refractivity contribution in [1.82, 2.24) is 10.2 Å². The molecule has 4 heteroatoms. The van der Waals surface area contributed by atoms with Crippen LogP contribution in [0.3, 0.4) is 0 Å². The molecule has 0 unspecified atom stereocenters. The molecule has 1 aromatic carbocycles. The number of likely N-dealkylation sites (tertiary alicyclic amines) is 1. The number of aryl methyl sites for hydroxylation is 2.